The van der Waals surface area contributed by atoms with Gasteiger partial charge in [-0.15, -0.1) is 0 Å². The molecule has 1 aromatic heterocycles. The summed E-state index contributed by atoms with van der Waals surface area (Å²) in [6.45, 7) is 3.03. The molecule has 0 aromatic carbocycles. The van der Waals surface area contributed by atoms with Gasteiger partial charge in [0.15, 0.2) is 5.49 Å². The number of rotatable bonds is 0. The van der Waals surface area contributed by atoms with E-state index in [1.54, 1.807) is 13.0 Å². The Bertz CT molecular complexity index is 451. The molecular weight excluding hydrogens is 316 g/mol. The van der Waals surface area contributed by atoms with E-state index in [1.807, 2.05) is 0 Å². The van der Waals surface area contributed by atoms with Gasteiger partial charge in [-0.3, -0.25) is 4.79 Å². The summed E-state index contributed by atoms with van der Waals surface area (Å²) in [5, 5.41) is 9.62. The molecule has 6 heteroatoms. The van der Waals surface area contributed by atoms with E-state index in [0.29, 0.717) is 10.2 Å². The third kappa shape index (κ3) is 2.24. The molecule has 0 aliphatic carbocycles. The molecular formula is C8H8Br2N2O2. The van der Waals surface area contributed by atoms with Crippen molar-refractivity contribution in [1.29, 1.82) is 0 Å². The van der Waals surface area contributed by atoms with E-state index in [-0.39, 0.29) is 11.4 Å². The summed E-state index contributed by atoms with van der Waals surface area (Å²) in [6, 6.07) is 1.73. The summed E-state index contributed by atoms with van der Waals surface area (Å²) in [5.74, 6) is -0.366. The van der Waals surface area contributed by atoms with Crippen LogP contribution in [0.3, 0.4) is 0 Å². The smallest absolute Gasteiger partial charge is 0.244 e. The molecule has 1 rings (SSSR count). The average molecular weight is 324 g/mol. The minimum absolute atomic E-state index is 0.193. The predicted molar refractivity (Wildman–Crippen MR) is 58.0 cm³/mol. The molecule has 1 N–H and O–H groups in total. The highest BCUT2D eigenvalue weighted by Crippen LogP contribution is 2.17. The van der Waals surface area contributed by atoms with E-state index in [4.69, 9.17) is 0 Å². The van der Waals surface area contributed by atoms with Crippen molar-refractivity contribution >= 4 is 37.8 Å². The second kappa shape index (κ2) is 4.27. The van der Waals surface area contributed by atoms with Crippen LogP contribution in [0.4, 0.5) is 0 Å². The zero-order valence-electron chi connectivity index (χ0n) is 7.58. The van der Waals surface area contributed by atoms with Crippen LogP contribution in [-0.2, 0) is 4.79 Å². The third-order valence-electron chi connectivity index (χ3n) is 1.59. The Hall–Kier alpha value is -0.620. The minimum atomic E-state index is -0.366. The van der Waals surface area contributed by atoms with Gasteiger partial charge in [0.05, 0.1) is 10.2 Å². The predicted octanol–water partition coefficient (Wildman–Crippen LogP) is 2.01. The van der Waals surface area contributed by atoms with Gasteiger partial charge < -0.3 is 5.21 Å². The lowest BCUT2D eigenvalue weighted by Gasteiger charge is -2.06. The molecule has 0 atom stereocenters. The van der Waals surface area contributed by atoms with E-state index in [2.05, 4.69) is 36.9 Å². The van der Waals surface area contributed by atoms with Crippen molar-refractivity contribution in [3.8, 4) is 0 Å². The molecule has 1 amide bonds. The quantitative estimate of drug-likeness (QED) is 0.742. The summed E-state index contributed by atoms with van der Waals surface area (Å²) >= 11 is 6.46. The second-order valence-corrected chi connectivity index (χ2v) is 4.40. The molecule has 4 nitrogen and oxygen atoms in total. The first kappa shape index (κ1) is 11.5. The normalized spacial score (nSPS) is 11.9. The van der Waals surface area contributed by atoms with Crippen molar-refractivity contribution in [3.63, 3.8) is 0 Å². The van der Waals surface area contributed by atoms with Crippen LogP contribution in [0.15, 0.2) is 20.0 Å². The molecule has 0 aliphatic rings. The molecule has 0 spiro atoms. The third-order valence-corrected chi connectivity index (χ3v) is 2.98. The van der Waals surface area contributed by atoms with E-state index in [9.17, 15) is 10.0 Å². The number of halogens is 2. The van der Waals surface area contributed by atoms with Gasteiger partial charge >= 0.3 is 0 Å². The van der Waals surface area contributed by atoms with E-state index in [1.165, 1.54) is 6.92 Å². The van der Waals surface area contributed by atoms with E-state index < -0.39 is 0 Å². The number of hydrogen-bond donors (Lipinski definition) is 1. The minimum Gasteiger partial charge on any atom is -0.427 e. The fourth-order valence-corrected chi connectivity index (χ4v) is 2.08. The largest absolute Gasteiger partial charge is 0.427 e. The first-order valence-corrected chi connectivity index (χ1v) is 5.34. The van der Waals surface area contributed by atoms with Gasteiger partial charge in [0, 0.05) is 11.4 Å². The van der Waals surface area contributed by atoms with Crippen molar-refractivity contribution in [2.75, 3.05) is 0 Å². The Morgan fingerprint density at radius 3 is 2.57 bits per heavy atom. The number of nitrogens with zero attached hydrogens (tertiary/aromatic N) is 2. The van der Waals surface area contributed by atoms with Crippen LogP contribution in [0.1, 0.15) is 12.6 Å². The molecule has 0 aliphatic heterocycles. The van der Waals surface area contributed by atoms with Gasteiger partial charge in [-0.1, -0.05) is 0 Å². The van der Waals surface area contributed by atoms with Crippen molar-refractivity contribution in [3.05, 3.63) is 26.2 Å². The van der Waals surface area contributed by atoms with E-state index in [0.717, 1.165) is 9.20 Å². The van der Waals surface area contributed by atoms with Crippen molar-refractivity contribution in [1.82, 2.24) is 4.73 Å². The Morgan fingerprint density at radius 1 is 1.50 bits per heavy atom. The number of amides is 1. The summed E-state index contributed by atoms with van der Waals surface area (Å²) in [7, 11) is 0. The van der Waals surface area contributed by atoms with Gasteiger partial charge in [-0.05, 0) is 44.8 Å². The zero-order chi connectivity index (χ0) is 10.9. The van der Waals surface area contributed by atoms with Crippen LogP contribution < -0.4 is 5.49 Å². The molecule has 0 saturated carbocycles. The van der Waals surface area contributed by atoms with Gasteiger partial charge in [0.25, 0.3) is 0 Å². The molecule has 14 heavy (non-hydrogen) atoms. The topological polar surface area (TPSA) is 54.6 Å². The first-order valence-electron chi connectivity index (χ1n) is 3.75. The molecule has 76 valence electrons. The van der Waals surface area contributed by atoms with Crippen LogP contribution in [-0.4, -0.2) is 15.8 Å². The fraction of sp³-hybridized carbons (Fsp3) is 0.250. The van der Waals surface area contributed by atoms with Crippen LogP contribution in [0.25, 0.3) is 0 Å². The van der Waals surface area contributed by atoms with Gasteiger partial charge in [0.1, 0.15) is 0 Å². The summed E-state index contributed by atoms with van der Waals surface area (Å²) < 4.78 is 2.14. The first-order chi connectivity index (χ1) is 6.43. The molecule has 0 fully saturated rings. The van der Waals surface area contributed by atoms with Gasteiger partial charge in [-0.25, -0.2) is 0 Å². The van der Waals surface area contributed by atoms with Crippen molar-refractivity contribution < 1.29 is 10.0 Å². The highest BCUT2D eigenvalue weighted by Gasteiger charge is 2.06. The maximum absolute atomic E-state index is 10.8. The summed E-state index contributed by atoms with van der Waals surface area (Å²) in [6.07, 6.45) is 0. The van der Waals surface area contributed by atoms with Crippen LogP contribution in [0.2, 0.25) is 0 Å². The Kier molecular flexibility index (Phi) is 3.49. The second-order valence-electron chi connectivity index (χ2n) is 2.69. The number of aromatic nitrogens is 1. The summed E-state index contributed by atoms with van der Waals surface area (Å²) in [5.41, 5.74) is 0.770. The lowest BCUT2D eigenvalue weighted by Crippen LogP contribution is -2.23. The number of hydrogen-bond acceptors (Lipinski definition) is 2. The molecule has 0 saturated heterocycles. The van der Waals surface area contributed by atoms with Gasteiger partial charge in [0.2, 0.25) is 5.91 Å². The standard InChI is InChI=1S/C8H8Br2N2O2/c1-4-6(9)3-7(10)8(12(4)14)11-5(2)13/h3,14H,1-2H3. The van der Waals surface area contributed by atoms with Gasteiger partial charge in [-0.2, -0.15) is 9.72 Å². The lowest BCUT2D eigenvalue weighted by molar-refractivity contribution is -0.116. The molecule has 0 bridgehead atoms. The zero-order valence-corrected chi connectivity index (χ0v) is 10.8. The van der Waals surface area contributed by atoms with Crippen LogP contribution in [0, 0.1) is 6.92 Å². The highest BCUT2D eigenvalue weighted by molar-refractivity contribution is 9.11. The average Bonchev–Trinajstić information content (AvgIpc) is 2.09. The maximum Gasteiger partial charge on any atom is 0.244 e. The van der Waals surface area contributed by atoms with E-state index >= 15 is 0 Å². The summed E-state index contributed by atoms with van der Waals surface area (Å²) in [4.78, 5) is 14.5. The maximum atomic E-state index is 10.8. The Balaban J connectivity index is 3.60. The SMILES string of the molecule is CC(=O)N=c1c(Br)cc(Br)c(C)n1O. The highest BCUT2D eigenvalue weighted by atomic mass is 79.9. The molecule has 1 heterocycles. The van der Waals surface area contributed by atoms with Crippen molar-refractivity contribution in [2.45, 2.75) is 13.8 Å². The van der Waals surface area contributed by atoms with Crippen molar-refractivity contribution in [2.24, 2.45) is 4.99 Å². The lowest BCUT2D eigenvalue weighted by atomic mass is 10.4. The monoisotopic (exact) mass is 322 g/mol. The molecule has 1 aromatic rings. The number of carbonyl (C=O) groups excluding carboxylic acids is 1. The Labute approximate surface area is 97.5 Å². The molecule has 0 radical (unpaired) electrons. The number of carbonyl (C=O) groups is 1. The fourth-order valence-electron chi connectivity index (χ4n) is 0.891. The molecule has 0 unspecified atom stereocenters. The number of pyridine rings is 1. The Morgan fingerprint density at radius 2 is 2.07 bits per heavy atom. The van der Waals surface area contributed by atoms with Crippen LogP contribution in [0.5, 0.6) is 0 Å². The van der Waals surface area contributed by atoms with Crippen LogP contribution >= 0.6 is 31.9 Å².